The first-order valence-electron chi connectivity index (χ1n) is 7.42. The number of rotatable bonds is 6. The second kappa shape index (κ2) is 12.4. The minimum absolute atomic E-state index is 0.610. The Morgan fingerprint density at radius 2 is 1.73 bits per heavy atom. The van der Waals surface area contributed by atoms with Gasteiger partial charge in [-0.3, -0.25) is 4.99 Å². The summed E-state index contributed by atoms with van der Waals surface area (Å²) in [6, 6.07) is 8.37. The van der Waals surface area contributed by atoms with E-state index < -0.39 is 0 Å². The summed E-state index contributed by atoms with van der Waals surface area (Å²) in [5, 5.41) is 2.96. The molecule has 2 heteroatoms. The number of benzene rings is 1. The Bertz CT molecular complexity index is 517. The number of nitrogens with zero attached hydrogens (tertiary/aromatic N) is 1. The van der Waals surface area contributed by atoms with Crippen LogP contribution in [0.15, 0.2) is 66.5 Å². The van der Waals surface area contributed by atoms with Crippen LogP contribution in [0.4, 0.5) is 0 Å². The molecule has 0 aromatic heterocycles. The summed E-state index contributed by atoms with van der Waals surface area (Å²) in [4.78, 5) is 3.78. The summed E-state index contributed by atoms with van der Waals surface area (Å²) in [6.45, 7) is 13.5. The Morgan fingerprint density at radius 3 is 2.18 bits per heavy atom. The van der Waals surface area contributed by atoms with E-state index in [0.717, 1.165) is 5.70 Å². The molecule has 0 amide bonds. The molecule has 0 saturated heterocycles. The molecule has 22 heavy (non-hydrogen) atoms. The van der Waals surface area contributed by atoms with E-state index in [1.807, 2.05) is 26.1 Å². The van der Waals surface area contributed by atoms with Gasteiger partial charge in [-0.15, -0.1) is 0 Å². The SMILES string of the molecule is C=CN=C/C=C(\C)NC.C=Cc1ccc(/C=C/C(C)C)cc1. The summed E-state index contributed by atoms with van der Waals surface area (Å²) in [5.41, 5.74) is 3.50. The fourth-order valence-electron chi connectivity index (χ4n) is 1.35. The Hall–Kier alpha value is -2.35. The van der Waals surface area contributed by atoms with E-state index in [0.29, 0.717) is 5.92 Å². The molecular weight excluding hydrogens is 268 g/mol. The van der Waals surface area contributed by atoms with Crippen molar-refractivity contribution in [2.75, 3.05) is 7.05 Å². The van der Waals surface area contributed by atoms with Gasteiger partial charge in [0.2, 0.25) is 0 Å². The number of aliphatic imine (C=N–C) groups is 1. The van der Waals surface area contributed by atoms with Gasteiger partial charge in [-0.2, -0.15) is 0 Å². The van der Waals surface area contributed by atoms with E-state index in [9.17, 15) is 0 Å². The average molecular weight is 296 g/mol. The summed E-state index contributed by atoms with van der Waals surface area (Å²) >= 11 is 0. The highest BCUT2D eigenvalue weighted by molar-refractivity contribution is 5.72. The van der Waals surface area contributed by atoms with Gasteiger partial charge in [0.1, 0.15) is 0 Å². The van der Waals surface area contributed by atoms with Crippen LogP contribution in [0, 0.1) is 5.92 Å². The third kappa shape index (κ3) is 10.4. The Kier molecular flexibility index (Phi) is 11.1. The first-order chi connectivity index (χ1) is 10.5. The highest BCUT2D eigenvalue weighted by Crippen LogP contribution is 2.08. The first-order valence-corrected chi connectivity index (χ1v) is 7.42. The van der Waals surface area contributed by atoms with Crippen LogP contribution in [0.1, 0.15) is 31.9 Å². The van der Waals surface area contributed by atoms with Crippen LogP contribution in [-0.4, -0.2) is 13.3 Å². The van der Waals surface area contributed by atoms with Crippen molar-refractivity contribution in [1.29, 1.82) is 0 Å². The molecule has 0 radical (unpaired) electrons. The molecule has 0 aliphatic heterocycles. The van der Waals surface area contributed by atoms with Crippen molar-refractivity contribution in [2.45, 2.75) is 20.8 Å². The van der Waals surface area contributed by atoms with E-state index in [2.05, 4.69) is 73.7 Å². The molecule has 0 aliphatic carbocycles. The lowest BCUT2D eigenvalue weighted by atomic mass is 10.1. The van der Waals surface area contributed by atoms with Crippen LogP contribution < -0.4 is 5.32 Å². The second-order valence-electron chi connectivity index (χ2n) is 5.05. The molecule has 0 atom stereocenters. The second-order valence-corrected chi connectivity index (χ2v) is 5.05. The molecule has 1 aromatic carbocycles. The fraction of sp³-hybridized carbons (Fsp3) is 0.250. The summed E-state index contributed by atoms with van der Waals surface area (Å²) in [5.74, 6) is 0.610. The molecule has 1 aromatic rings. The number of allylic oxidation sites excluding steroid dienone is 3. The van der Waals surface area contributed by atoms with E-state index in [4.69, 9.17) is 0 Å². The van der Waals surface area contributed by atoms with Crippen molar-refractivity contribution in [3.8, 4) is 0 Å². The van der Waals surface area contributed by atoms with E-state index in [1.54, 1.807) is 6.21 Å². The van der Waals surface area contributed by atoms with Gasteiger partial charge in [-0.25, -0.2) is 0 Å². The van der Waals surface area contributed by atoms with Gasteiger partial charge in [-0.05, 0) is 30.0 Å². The lowest BCUT2D eigenvalue weighted by Crippen LogP contribution is -2.00. The standard InChI is InChI=1S/C13H16.C7H12N2/c1-4-12-7-9-13(10-8-12)6-5-11(2)3;1-4-9-6-5-7(2)8-3/h4-11H,1H2,2-3H3;4-6,8H,1H2,2-3H3/b6-5+;7-5+,9-6?. The number of nitrogens with one attached hydrogen (secondary N) is 1. The molecule has 1 rings (SSSR count). The topological polar surface area (TPSA) is 24.4 Å². The maximum absolute atomic E-state index is 3.78. The van der Waals surface area contributed by atoms with Crippen molar-refractivity contribution >= 4 is 18.4 Å². The van der Waals surface area contributed by atoms with Crippen LogP contribution in [0.3, 0.4) is 0 Å². The molecule has 0 aliphatic rings. The molecule has 0 saturated carbocycles. The molecule has 0 spiro atoms. The molecule has 2 nitrogen and oxygen atoms in total. The van der Waals surface area contributed by atoms with Crippen LogP contribution in [0.2, 0.25) is 0 Å². The quantitative estimate of drug-likeness (QED) is 0.706. The van der Waals surface area contributed by atoms with Gasteiger partial charge in [-0.1, -0.05) is 69.5 Å². The molecular formula is C20H28N2. The van der Waals surface area contributed by atoms with Crippen molar-refractivity contribution in [1.82, 2.24) is 5.32 Å². The monoisotopic (exact) mass is 296 g/mol. The highest BCUT2D eigenvalue weighted by Gasteiger charge is 1.88. The Labute approximate surface area is 135 Å². The molecule has 0 fully saturated rings. The Morgan fingerprint density at radius 1 is 1.14 bits per heavy atom. The molecule has 0 unspecified atom stereocenters. The molecule has 0 heterocycles. The van der Waals surface area contributed by atoms with Gasteiger partial charge in [0.15, 0.2) is 0 Å². The highest BCUT2D eigenvalue weighted by atomic mass is 14.8. The third-order valence-corrected chi connectivity index (χ3v) is 2.76. The predicted octanol–water partition coefficient (Wildman–Crippen LogP) is 5.32. The van der Waals surface area contributed by atoms with Crippen molar-refractivity contribution in [3.63, 3.8) is 0 Å². The van der Waals surface area contributed by atoms with Crippen molar-refractivity contribution < 1.29 is 0 Å². The van der Waals surface area contributed by atoms with Gasteiger partial charge in [0.25, 0.3) is 0 Å². The van der Waals surface area contributed by atoms with Crippen LogP contribution >= 0.6 is 0 Å². The minimum atomic E-state index is 0.610. The lowest BCUT2D eigenvalue weighted by molar-refractivity contribution is 0.836. The zero-order valence-corrected chi connectivity index (χ0v) is 14.2. The zero-order chi connectivity index (χ0) is 16.8. The van der Waals surface area contributed by atoms with Crippen molar-refractivity contribution in [3.05, 3.63) is 72.6 Å². The maximum Gasteiger partial charge on any atom is 0.0284 e. The zero-order valence-electron chi connectivity index (χ0n) is 14.2. The van der Waals surface area contributed by atoms with Gasteiger partial charge >= 0.3 is 0 Å². The summed E-state index contributed by atoms with van der Waals surface area (Å²) < 4.78 is 0. The normalized spacial score (nSPS) is 11.4. The number of hydrogen-bond donors (Lipinski definition) is 1. The van der Waals surface area contributed by atoms with Gasteiger partial charge in [0.05, 0.1) is 0 Å². The predicted molar refractivity (Wildman–Crippen MR) is 102 cm³/mol. The largest absolute Gasteiger partial charge is 0.392 e. The van der Waals surface area contributed by atoms with Crippen LogP contribution in [0.5, 0.6) is 0 Å². The summed E-state index contributed by atoms with van der Waals surface area (Å²) in [7, 11) is 1.87. The van der Waals surface area contributed by atoms with Gasteiger partial charge < -0.3 is 5.32 Å². The lowest BCUT2D eigenvalue weighted by Gasteiger charge is -1.96. The van der Waals surface area contributed by atoms with Crippen molar-refractivity contribution in [2.24, 2.45) is 10.9 Å². The summed E-state index contributed by atoms with van der Waals surface area (Å²) in [6.07, 6.45) is 11.3. The minimum Gasteiger partial charge on any atom is -0.392 e. The average Bonchev–Trinajstić information content (AvgIpc) is 2.54. The molecule has 118 valence electrons. The van der Waals surface area contributed by atoms with Crippen LogP contribution in [-0.2, 0) is 0 Å². The third-order valence-electron chi connectivity index (χ3n) is 2.76. The molecule has 1 N–H and O–H groups in total. The first kappa shape index (κ1) is 19.7. The fourth-order valence-corrected chi connectivity index (χ4v) is 1.35. The van der Waals surface area contributed by atoms with E-state index in [1.165, 1.54) is 17.3 Å². The molecule has 0 bridgehead atoms. The maximum atomic E-state index is 3.78. The Balaban J connectivity index is 0.000000433. The van der Waals surface area contributed by atoms with E-state index >= 15 is 0 Å². The van der Waals surface area contributed by atoms with E-state index in [-0.39, 0.29) is 0 Å². The van der Waals surface area contributed by atoms with Crippen LogP contribution in [0.25, 0.3) is 12.2 Å². The number of hydrogen-bond acceptors (Lipinski definition) is 2. The van der Waals surface area contributed by atoms with Gasteiger partial charge in [0, 0.05) is 25.2 Å². The smallest absolute Gasteiger partial charge is 0.0284 e.